The van der Waals surface area contributed by atoms with Gasteiger partial charge in [0.1, 0.15) is 5.03 Å². The molecule has 1 aliphatic heterocycles. The van der Waals surface area contributed by atoms with E-state index in [-0.39, 0.29) is 5.91 Å². The molecule has 0 saturated carbocycles. The van der Waals surface area contributed by atoms with Gasteiger partial charge in [-0.05, 0) is 41.8 Å². The van der Waals surface area contributed by atoms with Gasteiger partial charge in [-0.2, -0.15) is 0 Å². The number of rotatable bonds is 5. The van der Waals surface area contributed by atoms with Gasteiger partial charge in [0.05, 0.1) is 0 Å². The Balaban J connectivity index is 1.49. The van der Waals surface area contributed by atoms with Crippen molar-refractivity contribution in [2.45, 2.75) is 29.4 Å². The molecule has 2 N–H and O–H groups in total. The second-order valence-electron chi connectivity index (χ2n) is 6.29. The minimum Gasteiger partial charge on any atom is -0.347 e. The maximum atomic E-state index is 12.8. The lowest BCUT2D eigenvalue weighted by Gasteiger charge is -2.20. The van der Waals surface area contributed by atoms with E-state index in [0.29, 0.717) is 17.3 Å². The topological polar surface area (TPSA) is 66.9 Å². The van der Waals surface area contributed by atoms with Gasteiger partial charge in [-0.25, -0.2) is 9.97 Å². The minimum absolute atomic E-state index is 0.201. The van der Waals surface area contributed by atoms with Crippen LogP contribution in [0.5, 0.6) is 0 Å². The molecular weight excluding hydrogens is 356 g/mol. The largest absolute Gasteiger partial charge is 0.347 e. The Hall–Kier alpha value is -2.70. The van der Waals surface area contributed by atoms with Crippen molar-refractivity contribution in [1.82, 2.24) is 20.6 Å². The summed E-state index contributed by atoms with van der Waals surface area (Å²) in [6.07, 6.45) is 4.16. The molecule has 2 heterocycles. The summed E-state index contributed by atoms with van der Waals surface area (Å²) in [4.78, 5) is 22.4. The molecule has 27 heavy (non-hydrogen) atoms. The molecule has 1 aliphatic rings. The van der Waals surface area contributed by atoms with Crippen LogP contribution in [0.1, 0.15) is 27.2 Å². The summed E-state index contributed by atoms with van der Waals surface area (Å²) in [7, 11) is 0. The molecule has 0 bridgehead atoms. The monoisotopic (exact) mass is 376 g/mol. The first-order valence-corrected chi connectivity index (χ1v) is 9.75. The normalized spacial score (nSPS) is 13.0. The van der Waals surface area contributed by atoms with Gasteiger partial charge in [-0.1, -0.05) is 48.2 Å². The molecule has 0 radical (unpaired) electrons. The Labute approximate surface area is 162 Å². The number of hydrogen-bond acceptors (Lipinski definition) is 5. The molecule has 0 saturated heterocycles. The van der Waals surface area contributed by atoms with Crippen molar-refractivity contribution < 1.29 is 4.79 Å². The zero-order valence-corrected chi connectivity index (χ0v) is 15.6. The number of amides is 1. The number of fused-ring (bicyclic) bond motifs is 1. The van der Waals surface area contributed by atoms with Crippen LogP contribution in [0.3, 0.4) is 0 Å². The van der Waals surface area contributed by atoms with E-state index in [9.17, 15) is 4.79 Å². The molecule has 0 unspecified atom stereocenters. The summed E-state index contributed by atoms with van der Waals surface area (Å²) in [5, 5.41) is 7.01. The van der Waals surface area contributed by atoms with E-state index in [4.69, 9.17) is 0 Å². The summed E-state index contributed by atoms with van der Waals surface area (Å²) in [6, 6.07) is 16.1. The number of hydrogen-bond donors (Lipinski definition) is 2. The fourth-order valence-corrected chi connectivity index (χ4v) is 4.06. The summed E-state index contributed by atoms with van der Waals surface area (Å²) in [5.41, 5.74) is 4.18. The summed E-state index contributed by atoms with van der Waals surface area (Å²) < 4.78 is 0. The van der Waals surface area contributed by atoms with E-state index in [0.717, 1.165) is 24.4 Å². The van der Waals surface area contributed by atoms with E-state index >= 15 is 0 Å². The quantitative estimate of drug-likeness (QED) is 0.716. The predicted molar refractivity (Wildman–Crippen MR) is 106 cm³/mol. The van der Waals surface area contributed by atoms with Crippen molar-refractivity contribution in [3.8, 4) is 0 Å². The Bertz CT molecular complexity index is 946. The van der Waals surface area contributed by atoms with E-state index in [1.807, 2.05) is 36.4 Å². The Morgan fingerprint density at radius 2 is 1.93 bits per heavy atom. The lowest BCUT2D eigenvalue weighted by Crippen LogP contribution is -2.28. The molecule has 0 fully saturated rings. The third-order valence-electron chi connectivity index (χ3n) is 4.51. The van der Waals surface area contributed by atoms with Gasteiger partial charge in [0.15, 0.2) is 5.69 Å². The molecule has 4 rings (SSSR count). The Morgan fingerprint density at radius 1 is 1.07 bits per heavy atom. The van der Waals surface area contributed by atoms with Crippen LogP contribution in [0.4, 0.5) is 0 Å². The van der Waals surface area contributed by atoms with Crippen molar-refractivity contribution in [1.29, 1.82) is 0 Å². The summed E-state index contributed by atoms with van der Waals surface area (Å²) in [5.74, 6) is -0.201. The Kier molecular flexibility index (Phi) is 5.46. The van der Waals surface area contributed by atoms with Crippen LogP contribution in [0.15, 0.2) is 70.8 Å². The first-order chi connectivity index (χ1) is 13.3. The zero-order chi connectivity index (χ0) is 18.5. The summed E-state index contributed by atoms with van der Waals surface area (Å²) in [6.45, 7) is 2.35. The number of carbonyl (C=O) groups excluding carboxylic acids is 1. The average Bonchev–Trinajstić information content (AvgIpc) is 2.73. The van der Waals surface area contributed by atoms with Gasteiger partial charge >= 0.3 is 0 Å². The van der Waals surface area contributed by atoms with Crippen LogP contribution in [-0.4, -0.2) is 22.4 Å². The predicted octanol–water partition coefficient (Wildman–Crippen LogP) is 3.20. The van der Waals surface area contributed by atoms with Crippen LogP contribution >= 0.6 is 11.8 Å². The first kappa shape index (κ1) is 17.7. The molecule has 136 valence electrons. The third kappa shape index (κ3) is 4.18. The molecule has 0 spiro atoms. The summed E-state index contributed by atoms with van der Waals surface area (Å²) >= 11 is 1.44. The lowest BCUT2D eigenvalue weighted by atomic mass is 9.95. The zero-order valence-electron chi connectivity index (χ0n) is 14.8. The van der Waals surface area contributed by atoms with Gasteiger partial charge in [0.25, 0.3) is 5.91 Å². The van der Waals surface area contributed by atoms with Gasteiger partial charge < -0.3 is 10.6 Å². The molecule has 3 aromatic rings. The highest BCUT2D eigenvalue weighted by atomic mass is 32.2. The smallest absolute Gasteiger partial charge is 0.272 e. The lowest BCUT2D eigenvalue weighted by molar-refractivity contribution is 0.0941. The fourth-order valence-electron chi connectivity index (χ4n) is 3.19. The van der Waals surface area contributed by atoms with Gasteiger partial charge in [0.2, 0.25) is 0 Å². The van der Waals surface area contributed by atoms with E-state index < -0.39 is 0 Å². The second-order valence-corrected chi connectivity index (χ2v) is 7.35. The van der Waals surface area contributed by atoms with Gasteiger partial charge in [-0.15, -0.1) is 0 Å². The molecule has 1 aromatic heterocycles. The number of benzene rings is 2. The minimum atomic E-state index is -0.201. The van der Waals surface area contributed by atoms with Gasteiger partial charge in [-0.3, -0.25) is 4.79 Å². The van der Waals surface area contributed by atoms with Crippen LogP contribution in [-0.2, 0) is 19.5 Å². The average molecular weight is 376 g/mol. The van der Waals surface area contributed by atoms with Crippen LogP contribution < -0.4 is 10.6 Å². The fraction of sp³-hybridized carbons (Fsp3) is 0.190. The standard InChI is InChI=1S/C21H20N4OS/c26-20(25-14-16-6-4-5-15-13-22-10-9-18(15)16)19-21(24-12-11-23-19)27-17-7-2-1-3-8-17/h1-8,11-12,22H,9-10,13-14H2,(H,25,26). The number of nitrogens with zero attached hydrogens (tertiary/aromatic N) is 2. The van der Waals surface area contributed by atoms with Gasteiger partial charge in [0, 0.05) is 30.4 Å². The van der Waals surface area contributed by atoms with E-state index in [1.165, 1.54) is 28.5 Å². The number of aromatic nitrogens is 2. The molecule has 2 aromatic carbocycles. The van der Waals surface area contributed by atoms with Crippen molar-refractivity contribution in [2.75, 3.05) is 6.54 Å². The van der Waals surface area contributed by atoms with Crippen LogP contribution in [0.2, 0.25) is 0 Å². The number of carbonyl (C=O) groups is 1. The first-order valence-electron chi connectivity index (χ1n) is 8.94. The maximum Gasteiger partial charge on any atom is 0.272 e. The molecule has 1 amide bonds. The molecule has 0 atom stereocenters. The molecule has 0 aliphatic carbocycles. The highest BCUT2D eigenvalue weighted by Crippen LogP contribution is 2.27. The van der Waals surface area contributed by atoms with E-state index in [1.54, 1.807) is 12.4 Å². The Morgan fingerprint density at radius 3 is 2.81 bits per heavy atom. The number of nitrogens with one attached hydrogen (secondary N) is 2. The van der Waals surface area contributed by atoms with Crippen molar-refractivity contribution in [3.05, 3.63) is 83.3 Å². The van der Waals surface area contributed by atoms with Crippen LogP contribution in [0.25, 0.3) is 0 Å². The maximum absolute atomic E-state index is 12.8. The van der Waals surface area contributed by atoms with Crippen LogP contribution in [0, 0.1) is 0 Å². The SMILES string of the molecule is O=C(NCc1cccc2c1CCNC2)c1nccnc1Sc1ccccc1. The highest BCUT2D eigenvalue weighted by Gasteiger charge is 2.17. The van der Waals surface area contributed by atoms with Crippen molar-refractivity contribution >= 4 is 17.7 Å². The molecule has 6 heteroatoms. The third-order valence-corrected chi connectivity index (χ3v) is 5.51. The van der Waals surface area contributed by atoms with Crippen molar-refractivity contribution in [3.63, 3.8) is 0 Å². The van der Waals surface area contributed by atoms with Crippen molar-refractivity contribution in [2.24, 2.45) is 0 Å². The second kappa shape index (κ2) is 8.33. The molecular formula is C21H20N4OS. The molecule has 5 nitrogen and oxygen atoms in total. The highest BCUT2D eigenvalue weighted by molar-refractivity contribution is 7.99. The van der Waals surface area contributed by atoms with E-state index in [2.05, 4.69) is 32.7 Å².